The zero-order valence-corrected chi connectivity index (χ0v) is 18.8. The van der Waals surface area contributed by atoms with E-state index in [0.29, 0.717) is 18.6 Å². The van der Waals surface area contributed by atoms with E-state index in [1.165, 1.54) is 22.0 Å². The number of nitrogens with one attached hydrogen (secondary N) is 1. The number of quaternary nitrogens is 1. The van der Waals surface area contributed by atoms with E-state index in [4.69, 9.17) is 4.74 Å². The number of nitrogens with zero attached hydrogens (tertiary/aromatic N) is 1. The van der Waals surface area contributed by atoms with Gasteiger partial charge in [-0.1, -0.05) is 26.0 Å². The predicted molar refractivity (Wildman–Crippen MR) is 104 cm³/mol. The number of hydrogen-bond acceptors (Lipinski definition) is 2. The summed E-state index contributed by atoms with van der Waals surface area (Å²) in [6, 6.07) is 7.16. The molecule has 1 aromatic heterocycles. The lowest BCUT2D eigenvalue weighted by molar-refractivity contribution is -0.942. The molecule has 1 fully saturated rings. The number of ether oxygens (including phenoxy) is 1. The molecule has 0 saturated carbocycles. The highest BCUT2D eigenvalue weighted by molar-refractivity contribution is 5.88. The molecule has 2 unspecified atom stereocenters. The first kappa shape index (κ1) is 20.6. The molecule has 4 atom stereocenters. The van der Waals surface area contributed by atoms with E-state index in [1.54, 1.807) is 0 Å². The summed E-state index contributed by atoms with van der Waals surface area (Å²) in [5.41, 5.74) is 4.11. The Balaban J connectivity index is 0.00000210. The highest BCUT2D eigenvalue weighted by atomic mass is 127. The van der Waals surface area contributed by atoms with E-state index in [0.717, 1.165) is 43.3 Å². The van der Waals surface area contributed by atoms with Gasteiger partial charge in [-0.3, -0.25) is 4.79 Å². The Labute approximate surface area is 179 Å². The number of likely N-dealkylation sites (N-methyl/N-ethyl adjacent to an activating group) is 1. The number of carbonyl (C=O) groups is 1. The number of esters is 1. The minimum Gasteiger partial charge on any atom is -1.00 e. The summed E-state index contributed by atoms with van der Waals surface area (Å²) in [6.45, 7) is 6.87. The summed E-state index contributed by atoms with van der Waals surface area (Å²) < 4.78 is 6.53. The molecule has 1 saturated heterocycles. The van der Waals surface area contributed by atoms with Gasteiger partial charge in [-0.2, -0.15) is 0 Å². The number of aromatic nitrogens is 1. The van der Waals surface area contributed by atoms with Crippen LogP contribution in [-0.4, -0.2) is 48.2 Å². The SMILES string of the molecule is CCCOC(=O)C1C[C@H]2c3cccc4[nH]cc(c34)C[C@@H]2[N+](C)(CCC)C1.[I-]. The first-order valence-electron chi connectivity index (χ1n) is 10.2. The first-order chi connectivity index (χ1) is 12.6. The highest BCUT2D eigenvalue weighted by Crippen LogP contribution is 2.47. The van der Waals surface area contributed by atoms with E-state index >= 15 is 0 Å². The molecule has 27 heavy (non-hydrogen) atoms. The Morgan fingerprint density at radius 3 is 2.85 bits per heavy atom. The largest absolute Gasteiger partial charge is 1.00 e. The van der Waals surface area contributed by atoms with Gasteiger partial charge in [0.1, 0.15) is 5.92 Å². The Morgan fingerprint density at radius 1 is 1.30 bits per heavy atom. The molecular weight excluding hydrogens is 451 g/mol. The molecule has 1 N–H and O–H groups in total. The van der Waals surface area contributed by atoms with Crippen molar-refractivity contribution in [3.05, 3.63) is 35.5 Å². The molecule has 2 heterocycles. The van der Waals surface area contributed by atoms with Gasteiger partial charge in [0, 0.05) is 29.4 Å². The van der Waals surface area contributed by atoms with Crippen LogP contribution in [0.1, 0.15) is 50.2 Å². The fraction of sp³-hybridized carbons (Fsp3) is 0.591. The maximum atomic E-state index is 12.7. The lowest BCUT2D eigenvalue weighted by Crippen LogP contribution is -3.00. The predicted octanol–water partition coefficient (Wildman–Crippen LogP) is 1.01. The maximum Gasteiger partial charge on any atom is 0.314 e. The van der Waals surface area contributed by atoms with E-state index in [-0.39, 0.29) is 35.9 Å². The van der Waals surface area contributed by atoms with Crippen molar-refractivity contribution >= 4 is 16.9 Å². The van der Waals surface area contributed by atoms with Crippen LogP contribution in [-0.2, 0) is 16.0 Å². The fourth-order valence-corrected chi connectivity index (χ4v) is 5.55. The molecule has 1 aromatic carbocycles. The molecule has 0 spiro atoms. The summed E-state index contributed by atoms with van der Waals surface area (Å²) in [6.07, 6.45) is 6.25. The second-order valence-corrected chi connectivity index (χ2v) is 8.45. The Morgan fingerprint density at radius 2 is 2.11 bits per heavy atom. The molecule has 5 heteroatoms. The first-order valence-corrected chi connectivity index (χ1v) is 10.2. The molecule has 1 aliphatic heterocycles. The number of likely N-dealkylation sites (tertiary alicyclic amines) is 1. The van der Waals surface area contributed by atoms with Crippen molar-refractivity contribution in [3.63, 3.8) is 0 Å². The molecule has 2 aliphatic rings. The number of fused-ring (bicyclic) bond motifs is 2. The van der Waals surface area contributed by atoms with Crippen molar-refractivity contribution < 1.29 is 38.0 Å². The summed E-state index contributed by atoms with van der Waals surface area (Å²) >= 11 is 0. The monoisotopic (exact) mass is 482 g/mol. The number of H-pyrrole nitrogens is 1. The van der Waals surface area contributed by atoms with Crippen LogP contribution in [0.3, 0.4) is 0 Å². The molecule has 4 nitrogen and oxygen atoms in total. The van der Waals surface area contributed by atoms with E-state index in [9.17, 15) is 4.79 Å². The van der Waals surface area contributed by atoms with Crippen molar-refractivity contribution in [1.29, 1.82) is 0 Å². The number of carbonyl (C=O) groups excluding carboxylic acids is 1. The van der Waals surface area contributed by atoms with Gasteiger partial charge in [-0.05, 0) is 36.5 Å². The van der Waals surface area contributed by atoms with Crippen LogP contribution in [0.25, 0.3) is 10.9 Å². The van der Waals surface area contributed by atoms with Crippen molar-refractivity contribution in [2.45, 2.75) is 51.5 Å². The van der Waals surface area contributed by atoms with Crippen molar-refractivity contribution in [2.75, 3.05) is 26.7 Å². The van der Waals surface area contributed by atoms with Gasteiger partial charge in [-0.25, -0.2) is 0 Å². The van der Waals surface area contributed by atoms with Crippen LogP contribution in [0.5, 0.6) is 0 Å². The summed E-state index contributed by atoms with van der Waals surface area (Å²) in [4.78, 5) is 16.2. The molecule has 0 bridgehead atoms. The average molecular weight is 482 g/mol. The smallest absolute Gasteiger partial charge is 0.314 e. The number of benzene rings is 1. The number of piperidine rings is 1. The second kappa shape index (κ2) is 8.11. The van der Waals surface area contributed by atoms with Gasteiger partial charge in [0.15, 0.2) is 0 Å². The fourth-order valence-electron chi connectivity index (χ4n) is 5.55. The quantitative estimate of drug-likeness (QED) is 0.393. The minimum absolute atomic E-state index is 0. The third kappa shape index (κ3) is 3.53. The van der Waals surface area contributed by atoms with Gasteiger partial charge in [-0.15, -0.1) is 0 Å². The summed E-state index contributed by atoms with van der Waals surface area (Å²) in [5, 5.41) is 1.40. The lowest BCUT2D eigenvalue weighted by Gasteiger charge is -2.52. The van der Waals surface area contributed by atoms with Gasteiger partial charge in [0.2, 0.25) is 0 Å². The molecule has 2 aromatic rings. The van der Waals surface area contributed by atoms with Crippen molar-refractivity contribution in [3.8, 4) is 0 Å². The van der Waals surface area contributed by atoms with E-state index in [2.05, 4.69) is 50.3 Å². The van der Waals surface area contributed by atoms with Crippen molar-refractivity contribution in [2.24, 2.45) is 5.92 Å². The maximum absolute atomic E-state index is 12.7. The number of halogens is 1. The van der Waals surface area contributed by atoms with Gasteiger partial charge in [0.25, 0.3) is 0 Å². The average Bonchev–Trinajstić information content (AvgIpc) is 3.05. The Bertz CT molecular complexity index is 818. The zero-order chi connectivity index (χ0) is 18.3. The number of aromatic amines is 1. The molecular formula is C22H31IN2O2. The lowest BCUT2D eigenvalue weighted by atomic mass is 9.71. The van der Waals surface area contributed by atoms with Crippen LogP contribution in [0, 0.1) is 5.92 Å². The molecule has 0 radical (unpaired) electrons. The zero-order valence-electron chi connectivity index (χ0n) is 16.6. The van der Waals surface area contributed by atoms with Crippen LogP contribution >= 0.6 is 0 Å². The summed E-state index contributed by atoms with van der Waals surface area (Å²) in [5.74, 6) is 0.458. The Hall–Kier alpha value is -1.08. The third-order valence-electron chi connectivity index (χ3n) is 6.61. The Kier molecular flexibility index (Phi) is 6.21. The topological polar surface area (TPSA) is 42.1 Å². The minimum atomic E-state index is 0. The molecule has 148 valence electrons. The van der Waals surface area contributed by atoms with E-state index in [1.807, 2.05) is 0 Å². The molecule has 0 amide bonds. The highest BCUT2D eigenvalue weighted by Gasteiger charge is 2.50. The van der Waals surface area contributed by atoms with Crippen LogP contribution in [0.15, 0.2) is 24.4 Å². The van der Waals surface area contributed by atoms with Gasteiger partial charge < -0.3 is 38.2 Å². The van der Waals surface area contributed by atoms with Crippen LogP contribution < -0.4 is 24.0 Å². The van der Waals surface area contributed by atoms with Crippen molar-refractivity contribution in [1.82, 2.24) is 4.98 Å². The molecule has 4 rings (SSSR count). The standard InChI is InChI=1S/C22H31N2O2.HI/c1-4-9-24(3)14-16(22(25)26-10-5-2)11-18-17-7-6-8-19-21(17)15(13-23-19)12-20(18)24;/h6-8,13,16,18,20,23H,4-5,9-12,14H2,1-3H3;1H/q+1;/p-1/t16?,18-,20-,24?;/m0./s1. The normalized spacial score (nSPS) is 29.1. The molecule has 1 aliphatic carbocycles. The second-order valence-electron chi connectivity index (χ2n) is 8.45. The number of hydrogen-bond donors (Lipinski definition) is 1. The van der Waals surface area contributed by atoms with E-state index < -0.39 is 0 Å². The van der Waals surface area contributed by atoms with Crippen LogP contribution in [0.2, 0.25) is 0 Å². The van der Waals surface area contributed by atoms with Gasteiger partial charge in [0.05, 0.1) is 32.8 Å². The summed E-state index contributed by atoms with van der Waals surface area (Å²) in [7, 11) is 2.36. The van der Waals surface area contributed by atoms with Gasteiger partial charge >= 0.3 is 5.97 Å². The van der Waals surface area contributed by atoms with Crippen LogP contribution in [0.4, 0.5) is 0 Å². The third-order valence-corrected chi connectivity index (χ3v) is 6.61. The number of rotatable bonds is 5.